The first-order valence-corrected chi connectivity index (χ1v) is 4.30. The van der Waals surface area contributed by atoms with E-state index in [2.05, 4.69) is 19.0 Å². The molecule has 3 nitrogen and oxygen atoms in total. The van der Waals surface area contributed by atoms with E-state index < -0.39 is 0 Å². The molecule has 0 amide bonds. The smallest absolute Gasteiger partial charge is 0.119 e. The van der Waals surface area contributed by atoms with Gasteiger partial charge in [-0.15, -0.1) is 5.11 Å². The SMILES string of the molecule is CC(C)COc1ccc(N=[N])cc1. The Morgan fingerprint density at radius 1 is 1.31 bits per heavy atom. The van der Waals surface area contributed by atoms with Crippen LogP contribution in [0.3, 0.4) is 0 Å². The summed E-state index contributed by atoms with van der Waals surface area (Å²) >= 11 is 0. The number of nitrogens with zero attached hydrogens (tertiary/aromatic N) is 2. The zero-order chi connectivity index (χ0) is 9.68. The van der Waals surface area contributed by atoms with Gasteiger partial charge in [0.1, 0.15) is 5.75 Å². The molecule has 0 heterocycles. The van der Waals surface area contributed by atoms with E-state index >= 15 is 0 Å². The molecule has 0 aliphatic heterocycles. The van der Waals surface area contributed by atoms with Gasteiger partial charge in [0.05, 0.1) is 12.3 Å². The third-order valence-corrected chi connectivity index (χ3v) is 1.54. The lowest BCUT2D eigenvalue weighted by Gasteiger charge is -2.07. The maximum absolute atomic E-state index is 8.43. The Hall–Kier alpha value is -1.38. The summed E-state index contributed by atoms with van der Waals surface area (Å²) in [6.07, 6.45) is 0. The van der Waals surface area contributed by atoms with Crippen LogP contribution in [-0.4, -0.2) is 6.61 Å². The van der Waals surface area contributed by atoms with Crippen LogP contribution in [-0.2, 0) is 0 Å². The molecule has 0 bridgehead atoms. The van der Waals surface area contributed by atoms with Crippen molar-refractivity contribution in [3.8, 4) is 5.75 Å². The van der Waals surface area contributed by atoms with Crippen LogP contribution in [0.2, 0.25) is 0 Å². The highest BCUT2D eigenvalue weighted by atomic mass is 16.5. The van der Waals surface area contributed by atoms with E-state index in [-0.39, 0.29) is 0 Å². The minimum Gasteiger partial charge on any atom is -0.493 e. The van der Waals surface area contributed by atoms with Crippen LogP contribution in [0.25, 0.3) is 0 Å². The van der Waals surface area contributed by atoms with E-state index in [0.717, 1.165) is 5.75 Å². The second-order valence-corrected chi connectivity index (χ2v) is 3.30. The van der Waals surface area contributed by atoms with Crippen molar-refractivity contribution in [2.75, 3.05) is 6.61 Å². The zero-order valence-corrected chi connectivity index (χ0v) is 7.90. The Morgan fingerprint density at radius 3 is 2.38 bits per heavy atom. The van der Waals surface area contributed by atoms with Crippen molar-refractivity contribution >= 4 is 5.69 Å². The third-order valence-electron chi connectivity index (χ3n) is 1.54. The Kier molecular flexibility index (Phi) is 3.43. The van der Waals surface area contributed by atoms with Gasteiger partial charge in [-0.3, -0.25) is 0 Å². The second-order valence-electron chi connectivity index (χ2n) is 3.30. The van der Waals surface area contributed by atoms with Gasteiger partial charge in [-0.05, 0) is 35.7 Å². The highest BCUT2D eigenvalue weighted by molar-refractivity contribution is 5.40. The van der Waals surface area contributed by atoms with Crippen LogP contribution in [0, 0.1) is 5.92 Å². The van der Waals surface area contributed by atoms with Crippen molar-refractivity contribution in [3.05, 3.63) is 24.3 Å². The third kappa shape index (κ3) is 3.23. The van der Waals surface area contributed by atoms with Crippen LogP contribution in [0.1, 0.15) is 13.8 Å². The van der Waals surface area contributed by atoms with E-state index in [1.807, 2.05) is 0 Å². The number of rotatable bonds is 4. The molecule has 0 atom stereocenters. The van der Waals surface area contributed by atoms with Gasteiger partial charge in [0.25, 0.3) is 0 Å². The predicted octanol–water partition coefficient (Wildman–Crippen LogP) is 2.61. The monoisotopic (exact) mass is 177 g/mol. The largest absolute Gasteiger partial charge is 0.493 e. The summed E-state index contributed by atoms with van der Waals surface area (Å²) in [4.78, 5) is 0. The summed E-state index contributed by atoms with van der Waals surface area (Å²) < 4.78 is 5.44. The molecule has 13 heavy (non-hydrogen) atoms. The predicted molar refractivity (Wildman–Crippen MR) is 51.0 cm³/mol. The van der Waals surface area contributed by atoms with Gasteiger partial charge < -0.3 is 4.74 Å². The quantitative estimate of drug-likeness (QED) is 0.652. The first-order valence-electron chi connectivity index (χ1n) is 4.30. The fraction of sp³-hybridized carbons (Fsp3) is 0.400. The normalized spacial score (nSPS) is 10.1. The molecule has 3 heteroatoms. The lowest BCUT2D eigenvalue weighted by molar-refractivity contribution is 0.271. The van der Waals surface area contributed by atoms with Gasteiger partial charge in [0.15, 0.2) is 0 Å². The lowest BCUT2D eigenvalue weighted by atomic mass is 10.2. The van der Waals surface area contributed by atoms with E-state index in [0.29, 0.717) is 18.2 Å². The van der Waals surface area contributed by atoms with Crippen molar-refractivity contribution in [2.24, 2.45) is 11.0 Å². The average molecular weight is 177 g/mol. The Bertz CT molecular complexity index is 267. The van der Waals surface area contributed by atoms with E-state index in [4.69, 9.17) is 10.3 Å². The molecule has 1 aromatic rings. The highest BCUT2D eigenvalue weighted by Gasteiger charge is 1.96. The number of benzene rings is 1. The Labute approximate surface area is 78.2 Å². The van der Waals surface area contributed by atoms with Crippen LogP contribution < -0.4 is 10.3 Å². The molecule has 0 unspecified atom stereocenters. The fourth-order valence-corrected chi connectivity index (χ4v) is 0.872. The van der Waals surface area contributed by atoms with E-state index in [1.54, 1.807) is 24.3 Å². The number of hydrogen-bond donors (Lipinski definition) is 0. The van der Waals surface area contributed by atoms with Crippen molar-refractivity contribution in [3.63, 3.8) is 0 Å². The summed E-state index contributed by atoms with van der Waals surface area (Å²) in [6, 6.07) is 6.99. The molecule has 0 saturated carbocycles. The summed E-state index contributed by atoms with van der Waals surface area (Å²) in [7, 11) is 0. The molecule has 1 aromatic carbocycles. The van der Waals surface area contributed by atoms with Gasteiger partial charge in [-0.25, -0.2) is 0 Å². The topological polar surface area (TPSA) is 43.9 Å². The maximum atomic E-state index is 8.43. The van der Waals surface area contributed by atoms with Gasteiger partial charge >= 0.3 is 0 Å². The summed E-state index contributed by atoms with van der Waals surface area (Å²) in [5, 5.41) is 3.05. The standard InChI is InChI=1S/C10H13N2O/c1-8(2)7-13-10-5-3-9(12-11)4-6-10/h3-6,8H,7H2,1-2H3. The minimum atomic E-state index is 0.516. The summed E-state index contributed by atoms with van der Waals surface area (Å²) in [6.45, 7) is 4.89. The van der Waals surface area contributed by atoms with E-state index in [1.165, 1.54) is 0 Å². The maximum Gasteiger partial charge on any atom is 0.119 e. The van der Waals surface area contributed by atoms with Crippen LogP contribution in [0.4, 0.5) is 5.69 Å². The van der Waals surface area contributed by atoms with Crippen LogP contribution >= 0.6 is 0 Å². The van der Waals surface area contributed by atoms with Crippen molar-refractivity contribution in [2.45, 2.75) is 13.8 Å². The van der Waals surface area contributed by atoms with Gasteiger partial charge in [-0.1, -0.05) is 13.8 Å². The minimum absolute atomic E-state index is 0.516. The molecular formula is C10H13N2O. The van der Waals surface area contributed by atoms with Crippen LogP contribution in [0.15, 0.2) is 29.4 Å². The Morgan fingerprint density at radius 2 is 1.92 bits per heavy atom. The molecule has 0 aliphatic carbocycles. The van der Waals surface area contributed by atoms with Gasteiger partial charge in [-0.2, -0.15) is 0 Å². The second kappa shape index (κ2) is 4.60. The molecule has 0 aromatic heterocycles. The summed E-state index contributed by atoms with van der Waals surface area (Å²) in [5.74, 6) is 1.32. The van der Waals surface area contributed by atoms with Crippen molar-refractivity contribution in [1.82, 2.24) is 5.53 Å². The molecular weight excluding hydrogens is 164 g/mol. The molecule has 0 fully saturated rings. The van der Waals surface area contributed by atoms with Crippen LogP contribution in [0.5, 0.6) is 5.75 Å². The van der Waals surface area contributed by atoms with Gasteiger partial charge in [0.2, 0.25) is 0 Å². The molecule has 0 aliphatic rings. The molecule has 0 saturated heterocycles. The zero-order valence-electron chi connectivity index (χ0n) is 7.90. The lowest BCUT2D eigenvalue weighted by Crippen LogP contribution is -2.03. The first-order chi connectivity index (χ1) is 6.22. The van der Waals surface area contributed by atoms with Crippen molar-refractivity contribution in [1.29, 1.82) is 0 Å². The number of ether oxygens (including phenoxy) is 1. The molecule has 0 N–H and O–H groups in total. The van der Waals surface area contributed by atoms with Crippen molar-refractivity contribution < 1.29 is 4.74 Å². The highest BCUT2D eigenvalue weighted by Crippen LogP contribution is 2.17. The Balaban J connectivity index is 2.54. The van der Waals surface area contributed by atoms with E-state index in [9.17, 15) is 0 Å². The molecule has 69 valence electrons. The summed E-state index contributed by atoms with van der Waals surface area (Å²) in [5.41, 5.74) is 8.97. The first kappa shape index (κ1) is 9.71. The van der Waals surface area contributed by atoms with Gasteiger partial charge in [0, 0.05) is 0 Å². The molecule has 0 spiro atoms. The fourth-order valence-electron chi connectivity index (χ4n) is 0.872. The number of hydrogen-bond acceptors (Lipinski definition) is 2. The molecule has 1 radical (unpaired) electrons. The molecule has 1 rings (SSSR count). The average Bonchev–Trinajstić information content (AvgIpc) is 2.15.